The third kappa shape index (κ3) is 3.08. The maximum absolute atomic E-state index is 12.6. The van der Waals surface area contributed by atoms with Crippen molar-refractivity contribution < 1.29 is 4.79 Å². The van der Waals surface area contributed by atoms with Crippen LogP contribution in [0.15, 0.2) is 36.7 Å². The van der Waals surface area contributed by atoms with Crippen LogP contribution in [0.2, 0.25) is 0 Å². The Balaban J connectivity index is 1.60. The second kappa shape index (κ2) is 6.68. The largest absolute Gasteiger partial charge is 0.354 e. The third-order valence-electron chi connectivity index (χ3n) is 4.61. The molecule has 1 aliphatic rings. The Morgan fingerprint density at radius 2 is 2.19 bits per heavy atom. The number of carbonyl (C=O) groups is 1. The second-order valence-corrected chi connectivity index (χ2v) is 6.52. The van der Waals surface area contributed by atoms with Crippen molar-refractivity contribution in [1.82, 2.24) is 29.7 Å². The van der Waals surface area contributed by atoms with Crippen molar-refractivity contribution in [2.24, 2.45) is 0 Å². The van der Waals surface area contributed by atoms with Gasteiger partial charge >= 0.3 is 0 Å². The fourth-order valence-electron chi connectivity index (χ4n) is 3.11. The van der Waals surface area contributed by atoms with Gasteiger partial charge in [0.25, 0.3) is 5.91 Å². The smallest absolute Gasteiger partial charge is 0.277 e. The highest BCUT2D eigenvalue weighted by Crippen LogP contribution is 2.21. The number of anilines is 2. The Bertz CT molecular complexity index is 923. The first-order chi connectivity index (χ1) is 12.6. The summed E-state index contributed by atoms with van der Waals surface area (Å²) in [6.07, 6.45) is 4.16. The number of hydrogen-bond acceptors (Lipinski definition) is 7. The topological polar surface area (TPSA) is 91.5 Å². The van der Waals surface area contributed by atoms with Gasteiger partial charge in [0, 0.05) is 25.3 Å². The number of rotatable bonds is 4. The zero-order chi connectivity index (χ0) is 18.1. The summed E-state index contributed by atoms with van der Waals surface area (Å²) in [4.78, 5) is 21.3. The summed E-state index contributed by atoms with van der Waals surface area (Å²) in [7, 11) is 4.19. The van der Waals surface area contributed by atoms with Gasteiger partial charge in [-0.1, -0.05) is 0 Å². The molecule has 1 amide bonds. The van der Waals surface area contributed by atoms with Crippen LogP contribution in [0.5, 0.6) is 0 Å². The van der Waals surface area contributed by atoms with Crippen LogP contribution in [-0.2, 0) is 0 Å². The summed E-state index contributed by atoms with van der Waals surface area (Å²) in [5.41, 5.74) is 0.984. The summed E-state index contributed by atoms with van der Waals surface area (Å²) in [5, 5.41) is 15.0. The van der Waals surface area contributed by atoms with E-state index in [1.165, 1.54) is 6.20 Å². The fourth-order valence-corrected chi connectivity index (χ4v) is 3.11. The molecule has 1 atom stereocenters. The number of aromatic nitrogens is 5. The number of amides is 1. The molecule has 3 aromatic rings. The van der Waals surface area contributed by atoms with Crippen molar-refractivity contribution >= 4 is 23.2 Å². The van der Waals surface area contributed by atoms with Crippen LogP contribution < -0.4 is 10.2 Å². The minimum absolute atomic E-state index is 0.324. The first-order valence-electron chi connectivity index (χ1n) is 8.47. The van der Waals surface area contributed by atoms with Gasteiger partial charge in [-0.2, -0.15) is 5.10 Å². The second-order valence-electron chi connectivity index (χ2n) is 6.52. The Morgan fingerprint density at radius 1 is 1.31 bits per heavy atom. The van der Waals surface area contributed by atoms with E-state index < -0.39 is 0 Å². The number of imidazole rings is 1. The molecule has 1 N–H and O–H groups in total. The minimum atomic E-state index is -0.324. The van der Waals surface area contributed by atoms with Crippen molar-refractivity contribution in [3.8, 4) is 0 Å². The summed E-state index contributed by atoms with van der Waals surface area (Å²) in [5.74, 6) is 0.903. The lowest BCUT2D eigenvalue weighted by molar-refractivity contribution is 0.102. The Kier molecular flexibility index (Phi) is 4.21. The van der Waals surface area contributed by atoms with Crippen LogP contribution in [0.25, 0.3) is 5.65 Å². The maximum Gasteiger partial charge on any atom is 0.277 e. The molecule has 0 aromatic carbocycles. The van der Waals surface area contributed by atoms with Crippen molar-refractivity contribution in [2.45, 2.75) is 12.5 Å². The van der Waals surface area contributed by atoms with E-state index >= 15 is 0 Å². The van der Waals surface area contributed by atoms with Crippen LogP contribution in [0, 0.1) is 0 Å². The van der Waals surface area contributed by atoms with Gasteiger partial charge in [0.1, 0.15) is 5.82 Å². The molecule has 9 heteroatoms. The average Bonchev–Trinajstić information content (AvgIpc) is 3.29. The van der Waals surface area contributed by atoms with E-state index in [2.05, 4.69) is 49.5 Å². The lowest BCUT2D eigenvalue weighted by Gasteiger charge is -2.21. The Morgan fingerprint density at radius 3 is 2.92 bits per heavy atom. The van der Waals surface area contributed by atoms with Gasteiger partial charge < -0.3 is 15.1 Å². The van der Waals surface area contributed by atoms with Gasteiger partial charge in [-0.3, -0.25) is 4.79 Å². The molecule has 26 heavy (non-hydrogen) atoms. The van der Waals surface area contributed by atoms with E-state index in [4.69, 9.17) is 0 Å². The molecule has 134 valence electrons. The quantitative estimate of drug-likeness (QED) is 0.746. The molecule has 0 aliphatic carbocycles. The van der Waals surface area contributed by atoms with Crippen LogP contribution in [0.4, 0.5) is 11.6 Å². The Labute approximate surface area is 150 Å². The minimum Gasteiger partial charge on any atom is -0.354 e. The van der Waals surface area contributed by atoms with Gasteiger partial charge in [-0.15, -0.1) is 10.2 Å². The number of likely N-dealkylation sites (N-methyl/N-ethyl adjacent to an activating group) is 1. The van der Waals surface area contributed by atoms with E-state index in [-0.39, 0.29) is 5.91 Å². The number of hydrogen-bond donors (Lipinski definition) is 1. The van der Waals surface area contributed by atoms with Crippen molar-refractivity contribution in [3.63, 3.8) is 0 Å². The summed E-state index contributed by atoms with van der Waals surface area (Å²) < 4.78 is 1.57. The summed E-state index contributed by atoms with van der Waals surface area (Å²) in [6, 6.07) is 7.73. The van der Waals surface area contributed by atoms with E-state index in [9.17, 15) is 4.79 Å². The molecular formula is C17H20N8O. The monoisotopic (exact) mass is 352 g/mol. The highest BCUT2D eigenvalue weighted by Gasteiger charge is 2.25. The fraction of sp³-hybridized carbons (Fsp3) is 0.353. The van der Waals surface area contributed by atoms with E-state index in [0.29, 0.717) is 23.2 Å². The van der Waals surface area contributed by atoms with Gasteiger partial charge in [0.05, 0.1) is 6.20 Å². The van der Waals surface area contributed by atoms with Gasteiger partial charge in [-0.05, 0) is 44.8 Å². The molecular weight excluding hydrogens is 332 g/mol. The van der Waals surface area contributed by atoms with E-state index in [1.807, 2.05) is 12.1 Å². The lowest BCUT2D eigenvalue weighted by atomic mass is 10.2. The molecule has 4 heterocycles. The summed E-state index contributed by atoms with van der Waals surface area (Å²) in [6.45, 7) is 1.86. The molecule has 0 saturated carbocycles. The predicted molar refractivity (Wildman–Crippen MR) is 97.3 cm³/mol. The molecule has 1 unspecified atom stereocenters. The van der Waals surface area contributed by atoms with Crippen LogP contribution in [0.3, 0.4) is 0 Å². The highest BCUT2D eigenvalue weighted by molar-refractivity contribution is 6.02. The van der Waals surface area contributed by atoms with E-state index in [0.717, 1.165) is 25.3 Å². The van der Waals surface area contributed by atoms with Crippen molar-refractivity contribution in [1.29, 1.82) is 0 Å². The van der Waals surface area contributed by atoms with Gasteiger partial charge in [0.2, 0.25) is 0 Å². The molecule has 0 spiro atoms. The van der Waals surface area contributed by atoms with Crippen molar-refractivity contribution in [2.75, 3.05) is 37.4 Å². The molecule has 3 aromatic heterocycles. The zero-order valence-electron chi connectivity index (χ0n) is 14.7. The van der Waals surface area contributed by atoms with Crippen LogP contribution in [-0.4, -0.2) is 68.8 Å². The Hall–Kier alpha value is -3.07. The molecule has 9 nitrogen and oxygen atoms in total. The number of nitrogens with zero attached hydrogens (tertiary/aromatic N) is 7. The standard InChI is InChI=1S/C17H20N8O/c1-23(2)12-7-9-24(11-12)16-6-5-15-18-10-13(25(15)22-16)17(26)20-14-4-3-8-19-21-14/h3-6,8,10,12H,7,9,11H2,1-2H3,(H,20,21,26). The first kappa shape index (κ1) is 16.4. The van der Waals surface area contributed by atoms with E-state index in [1.54, 1.807) is 22.8 Å². The average molecular weight is 352 g/mol. The van der Waals surface area contributed by atoms with Gasteiger partial charge in [-0.25, -0.2) is 9.50 Å². The number of carbonyl (C=O) groups excluding carboxylic acids is 1. The zero-order valence-corrected chi connectivity index (χ0v) is 14.7. The molecule has 1 saturated heterocycles. The lowest BCUT2D eigenvalue weighted by Crippen LogP contribution is -2.32. The number of nitrogens with one attached hydrogen (secondary N) is 1. The summed E-state index contributed by atoms with van der Waals surface area (Å²) >= 11 is 0. The van der Waals surface area contributed by atoms with Crippen molar-refractivity contribution in [3.05, 3.63) is 42.4 Å². The maximum atomic E-state index is 12.6. The van der Waals surface area contributed by atoms with Crippen LogP contribution in [0.1, 0.15) is 16.9 Å². The molecule has 0 radical (unpaired) electrons. The SMILES string of the molecule is CN(C)C1CCN(c2ccc3ncc(C(=O)Nc4cccnn4)n3n2)C1. The highest BCUT2D eigenvalue weighted by atomic mass is 16.2. The molecule has 0 bridgehead atoms. The molecule has 4 rings (SSSR count). The van der Waals surface area contributed by atoms with Gasteiger partial charge in [0.15, 0.2) is 17.2 Å². The number of fused-ring (bicyclic) bond motifs is 1. The third-order valence-corrected chi connectivity index (χ3v) is 4.61. The van der Waals surface area contributed by atoms with Crippen LogP contribution >= 0.6 is 0 Å². The normalized spacial score (nSPS) is 17.2. The first-order valence-corrected chi connectivity index (χ1v) is 8.47. The molecule has 1 fully saturated rings. The molecule has 1 aliphatic heterocycles. The predicted octanol–water partition coefficient (Wildman–Crippen LogP) is 0.912.